The highest BCUT2D eigenvalue weighted by molar-refractivity contribution is 8.14. The highest BCUT2D eigenvalue weighted by Crippen LogP contribution is 2.38. The van der Waals surface area contributed by atoms with Gasteiger partial charge in [-0.2, -0.15) is 0 Å². The zero-order valence-electron chi connectivity index (χ0n) is 9.70. The highest BCUT2D eigenvalue weighted by atomic mass is 32.2. The van der Waals surface area contributed by atoms with Crippen molar-refractivity contribution in [3.63, 3.8) is 0 Å². The molecule has 0 unspecified atom stereocenters. The molecule has 0 radical (unpaired) electrons. The first-order valence-corrected chi connectivity index (χ1v) is 6.06. The summed E-state index contributed by atoms with van der Waals surface area (Å²) in [5, 5.41) is 0.447. The van der Waals surface area contributed by atoms with Crippen LogP contribution >= 0.6 is 11.8 Å². The SMILES string of the molecule is CC(=O)SC1CC(C(=O)OC(C)(C)C)C1. The predicted octanol–water partition coefficient (Wildman–Crippen LogP) is 2.39. The molecule has 1 rings (SSSR count). The van der Waals surface area contributed by atoms with Gasteiger partial charge in [0, 0.05) is 12.2 Å². The van der Waals surface area contributed by atoms with E-state index in [0.717, 1.165) is 12.8 Å². The van der Waals surface area contributed by atoms with Gasteiger partial charge in [0.1, 0.15) is 5.60 Å². The molecule has 0 saturated heterocycles. The van der Waals surface area contributed by atoms with Gasteiger partial charge in [0.2, 0.25) is 0 Å². The first-order chi connectivity index (χ1) is 6.78. The molecule has 86 valence electrons. The molecule has 3 nitrogen and oxygen atoms in total. The van der Waals surface area contributed by atoms with E-state index >= 15 is 0 Å². The molecule has 15 heavy (non-hydrogen) atoms. The van der Waals surface area contributed by atoms with Gasteiger partial charge in [-0.1, -0.05) is 11.8 Å². The third-order valence-corrected chi connectivity index (χ3v) is 3.22. The third kappa shape index (κ3) is 4.24. The largest absolute Gasteiger partial charge is 0.460 e. The smallest absolute Gasteiger partial charge is 0.309 e. The van der Waals surface area contributed by atoms with Crippen molar-refractivity contribution in [3.8, 4) is 0 Å². The first kappa shape index (κ1) is 12.6. The number of ether oxygens (including phenoxy) is 1. The van der Waals surface area contributed by atoms with Gasteiger partial charge in [0.05, 0.1) is 5.92 Å². The van der Waals surface area contributed by atoms with Crippen molar-refractivity contribution in [3.05, 3.63) is 0 Å². The zero-order valence-corrected chi connectivity index (χ0v) is 10.5. The minimum atomic E-state index is -0.407. The lowest BCUT2D eigenvalue weighted by atomic mass is 9.85. The second-order valence-corrected chi connectivity index (χ2v) is 6.41. The summed E-state index contributed by atoms with van der Waals surface area (Å²) in [6.45, 7) is 7.16. The fourth-order valence-electron chi connectivity index (χ4n) is 1.47. The summed E-state index contributed by atoms with van der Waals surface area (Å²) in [6.07, 6.45) is 1.55. The van der Waals surface area contributed by atoms with E-state index in [1.165, 1.54) is 11.8 Å². The summed E-state index contributed by atoms with van der Waals surface area (Å²) < 4.78 is 5.26. The Morgan fingerprint density at radius 1 is 1.27 bits per heavy atom. The molecule has 1 saturated carbocycles. The number of carbonyl (C=O) groups is 2. The van der Waals surface area contributed by atoms with Crippen molar-refractivity contribution in [2.24, 2.45) is 5.92 Å². The molecule has 0 bridgehead atoms. The van der Waals surface area contributed by atoms with E-state index in [0.29, 0.717) is 5.25 Å². The lowest BCUT2D eigenvalue weighted by Gasteiger charge is -2.34. The van der Waals surface area contributed by atoms with Crippen LogP contribution in [-0.2, 0) is 14.3 Å². The van der Waals surface area contributed by atoms with Crippen molar-refractivity contribution in [1.29, 1.82) is 0 Å². The summed E-state index contributed by atoms with van der Waals surface area (Å²) >= 11 is 1.33. The minimum Gasteiger partial charge on any atom is -0.460 e. The van der Waals surface area contributed by atoms with Gasteiger partial charge >= 0.3 is 5.97 Å². The van der Waals surface area contributed by atoms with Crippen LogP contribution in [0.4, 0.5) is 0 Å². The Morgan fingerprint density at radius 2 is 1.80 bits per heavy atom. The Bertz CT molecular complexity index is 261. The second kappa shape index (κ2) is 4.56. The van der Waals surface area contributed by atoms with Gasteiger partial charge in [0.25, 0.3) is 0 Å². The highest BCUT2D eigenvalue weighted by Gasteiger charge is 2.38. The van der Waals surface area contributed by atoms with Crippen LogP contribution in [-0.4, -0.2) is 21.9 Å². The van der Waals surface area contributed by atoms with E-state index in [1.54, 1.807) is 6.92 Å². The normalized spacial score (nSPS) is 25.6. The molecule has 0 N–H and O–H groups in total. The lowest BCUT2D eigenvalue weighted by Crippen LogP contribution is -2.37. The molecule has 0 aliphatic heterocycles. The summed E-state index contributed by atoms with van der Waals surface area (Å²) in [4.78, 5) is 22.4. The average molecular weight is 230 g/mol. The van der Waals surface area contributed by atoms with Crippen molar-refractivity contribution in [1.82, 2.24) is 0 Å². The van der Waals surface area contributed by atoms with Crippen LogP contribution < -0.4 is 0 Å². The van der Waals surface area contributed by atoms with Crippen molar-refractivity contribution >= 4 is 22.8 Å². The molecule has 0 aromatic heterocycles. The maximum Gasteiger partial charge on any atom is 0.309 e. The molecular weight excluding hydrogens is 212 g/mol. The average Bonchev–Trinajstić information content (AvgIpc) is 1.91. The third-order valence-electron chi connectivity index (χ3n) is 2.17. The molecule has 1 aliphatic carbocycles. The quantitative estimate of drug-likeness (QED) is 0.683. The summed E-state index contributed by atoms with van der Waals surface area (Å²) in [5.74, 6) is -0.121. The molecule has 1 fully saturated rings. The maximum absolute atomic E-state index is 11.6. The van der Waals surface area contributed by atoms with Crippen LogP contribution in [0.2, 0.25) is 0 Å². The molecule has 1 aliphatic rings. The van der Waals surface area contributed by atoms with Crippen LogP contribution in [0, 0.1) is 5.92 Å². The zero-order chi connectivity index (χ0) is 11.6. The van der Waals surface area contributed by atoms with Crippen LogP contribution in [0.15, 0.2) is 0 Å². The number of thioether (sulfide) groups is 1. The number of hydrogen-bond donors (Lipinski definition) is 0. The summed E-state index contributed by atoms with van der Waals surface area (Å²) in [5.41, 5.74) is -0.407. The Balaban J connectivity index is 2.27. The fourth-order valence-corrected chi connectivity index (χ4v) is 2.60. The Morgan fingerprint density at radius 3 is 2.20 bits per heavy atom. The van der Waals surface area contributed by atoms with Gasteiger partial charge in [-0.05, 0) is 33.6 Å². The maximum atomic E-state index is 11.6. The summed E-state index contributed by atoms with van der Waals surface area (Å²) in [7, 11) is 0. The topological polar surface area (TPSA) is 43.4 Å². The number of carbonyl (C=O) groups excluding carboxylic acids is 2. The van der Waals surface area contributed by atoms with Gasteiger partial charge < -0.3 is 4.74 Å². The van der Waals surface area contributed by atoms with Gasteiger partial charge in [-0.25, -0.2) is 0 Å². The second-order valence-electron chi connectivity index (χ2n) is 4.93. The minimum absolute atomic E-state index is 0.000995. The molecule has 4 heteroatoms. The van der Waals surface area contributed by atoms with E-state index in [-0.39, 0.29) is 17.0 Å². The van der Waals surface area contributed by atoms with Gasteiger partial charge in [0.15, 0.2) is 5.12 Å². The van der Waals surface area contributed by atoms with E-state index < -0.39 is 5.60 Å². The molecule has 0 heterocycles. The van der Waals surface area contributed by atoms with Crippen molar-refractivity contribution < 1.29 is 14.3 Å². The molecular formula is C11H18O3S. The fraction of sp³-hybridized carbons (Fsp3) is 0.818. The Hall–Kier alpha value is -0.510. The Kier molecular flexibility index (Phi) is 3.82. The van der Waals surface area contributed by atoms with Gasteiger partial charge in [-0.15, -0.1) is 0 Å². The van der Waals surface area contributed by atoms with Gasteiger partial charge in [-0.3, -0.25) is 9.59 Å². The predicted molar refractivity (Wildman–Crippen MR) is 60.6 cm³/mol. The molecule has 0 aromatic rings. The summed E-state index contributed by atoms with van der Waals surface area (Å²) in [6, 6.07) is 0. The van der Waals surface area contributed by atoms with Crippen LogP contribution in [0.1, 0.15) is 40.5 Å². The standard InChI is InChI=1S/C11H18O3S/c1-7(12)15-9-5-8(6-9)10(13)14-11(2,3)4/h8-9H,5-6H2,1-4H3. The molecule has 0 amide bonds. The number of rotatable bonds is 2. The van der Waals surface area contributed by atoms with Crippen LogP contribution in [0.25, 0.3) is 0 Å². The first-order valence-electron chi connectivity index (χ1n) is 5.18. The van der Waals surface area contributed by atoms with E-state index in [9.17, 15) is 9.59 Å². The van der Waals surface area contributed by atoms with Crippen LogP contribution in [0.3, 0.4) is 0 Å². The lowest BCUT2D eigenvalue weighted by molar-refractivity contribution is -0.162. The van der Waals surface area contributed by atoms with E-state index in [1.807, 2.05) is 20.8 Å². The number of esters is 1. The van der Waals surface area contributed by atoms with E-state index in [2.05, 4.69) is 0 Å². The van der Waals surface area contributed by atoms with E-state index in [4.69, 9.17) is 4.74 Å². The monoisotopic (exact) mass is 230 g/mol. The Labute approximate surface area is 94.9 Å². The molecule has 0 atom stereocenters. The van der Waals surface area contributed by atoms with Crippen molar-refractivity contribution in [2.45, 2.75) is 51.4 Å². The van der Waals surface area contributed by atoms with Crippen LogP contribution in [0.5, 0.6) is 0 Å². The van der Waals surface area contributed by atoms with Crippen molar-refractivity contribution in [2.75, 3.05) is 0 Å². The molecule has 0 aromatic carbocycles. The molecule has 0 spiro atoms. The number of hydrogen-bond acceptors (Lipinski definition) is 4.